The fourth-order valence-electron chi connectivity index (χ4n) is 1.65. The number of hydrogen-bond donors (Lipinski definition) is 1. The molecule has 1 aliphatic heterocycles. The van der Waals surface area contributed by atoms with Crippen LogP contribution in [0.3, 0.4) is 0 Å². The SMILES string of the molecule is CN(C(=O)C1(C(=O)O)COC1)c1ccncc1. The van der Waals surface area contributed by atoms with Crippen molar-refractivity contribution in [2.24, 2.45) is 5.41 Å². The maximum atomic E-state index is 12.1. The van der Waals surface area contributed by atoms with Crippen molar-refractivity contribution in [1.82, 2.24) is 4.98 Å². The number of amides is 1. The molecule has 1 saturated heterocycles. The summed E-state index contributed by atoms with van der Waals surface area (Å²) in [6.07, 6.45) is 3.09. The van der Waals surface area contributed by atoms with Crippen molar-refractivity contribution in [2.45, 2.75) is 0 Å². The van der Waals surface area contributed by atoms with Gasteiger partial charge in [0.15, 0.2) is 5.41 Å². The zero-order valence-corrected chi connectivity index (χ0v) is 9.29. The Bertz CT molecular complexity index is 442. The molecule has 0 saturated carbocycles. The summed E-state index contributed by atoms with van der Waals surface area (Å²) in [4.78, 5) is 28.4. The molecule has 1 N–H and O–H groups in total. The van der Waals surface area contributed by atoms with E-state index in [2.05, 4.69) is 4.98 Å². The predicted octanol–water partition coefficient (Wildman–Crippen LogP) is 0.146. The summed E-state index contributed by atoms with van der Waals surface area (Å²) in [6, 6.07) is 3.29. The van der Waals surface area contributed by atoms with Crippen molar-refractivity contribution in [3.8, 4) is 0 Å². The average molecular weight is 236 g/mol. The number of carbonyl (C=O) groups excluding carboxylic acids is 1. The van der Waals surface area contributed by atoms with Gasteiger partial charge in [-0.05, 0) is 12.1 Å². The highest BCUT2D eigenvalue weighted by atomic mass is 16.5. The van der Waals surface area contributed by atoms with Crippen molar-refractivity contribution >= 4 is 17.6 Å². The first-order chi connectivity index (χ1) is 8.08. The fraction of sp³-hybridized carbons (Fsp3) is 0.364. The van der Waals surface area contributed by atoms with Gasteiger partial charge in [0.05, 0.1) is 13.2 Å². The van der Waals surface area contributed by atoms with Crippen LogP contribution >= 0.6 is 0 Å². The molecule has 0 bridgehead atoms. The van der Waals surface area contributed by atoms with E-state index in [1.54, 1.807) is 31.6 Å². The van der Waals surface area contributed by atoms with Gasteiger partial charge in [-0.25, -0.2) is 0 Å². The van der Waals surface area contributed by atoms with Crippen LogP contribution in [0, 0.1) is 5.41 Å². The summed E-state index contributed by atoms with van der Waals surface area (Å²) in [5.41, 5.74) is -0.824. The minimum absolute atomic E-state index is 0.0728. The highest BCUT2D eigenvalue weighted by Gasteiger charge is 2.54. The standard InChI is InChI=1S/C11H12N2O4/c1-13(8-2-4-12-5-3-8)9(14)11(10(15)16)6-17-7-11/h2-5H,6-7H2,1H3,(H,15,16). The maximum Gasteiger partial charge on any atom is 0.324 e. The summed E-state index contributed by atoms with van der Waals surface area (Å²) in [5, 5.41) is 9.11. The molecule has 1 aliphatic rings. The monoisotopic (exact) mass is 236 g/mol. The van der Waals surface area contributed by atoms with Crippen molar-refractivity contribution in [3.05, 3.63) is 24.5 Å². The number of aromatic nitrogens is 1. The van der Waals surface area contributed by atoms with E-state index in [-0.39, 0.29) is 13.2 Å². The third-order valence-electron chi connectivity index (χ3n) is 2.87. The van der Waals surface area contributed by atoms with Gasteiger partial charge in [-0.15, -0.1) is 0 Å². The molecule has 0 atom stereocenters. The summed E-state index contributed by atoms with van der Waals surface area (Å²) >= 11 is 0. The van der Waals surface area contributed by atoms with E-state index in [9.17, 15) is 9.59 Å². The summed E-state index contributed by atoms with van der Waals surface area (Å²) < 4.78 is 4.87. The molecule has 0 spiro atoms. The molecule has 90 valence electrons. The van der Waals surface area contributed by atoms with Crippen molar-refractivity contribution in [3.63, 3.8) is 0 Å². The normalized spacial score (nSPS) is 17.0. The number of carbonyl (C=O) groups is 2. The molecule has 2 heterocycles. The second-order valence-electron chi connectivity index (χ2n) is 3.95. The molecular weight excluding hydrogens is 224 g/mol. The molecule has 0 unspecified atom stereocenters. The molecule has 1 aromatic heterocycles. The van der Waals surface area contributed by atoms with Gasteiger partial charge in [-0.2, -0.15) is 0 Å². The summed E-state index contributed by atoms with van der Waals surface area (Å²) in [6.45, 7) is -0.146. The van der Waals surface area contributed by atoms with E-state index in [4.69, 9.17) is 9.84 Å². The van der Waals surface area contributed by atoms with Gasteiger partial charge in [0.1, 0.15) is 0 Å². The minimum Gasteiger partial charge on any atom is -0.480 e. The molecule has 2 rings (SSSR count). The van der Waals surface area contributed by atoms with E-state index in [0.717, 1.165) is 0 Å². The van der Waals surface area contributed by atoms with E-state index in [0.29, 0.717) is 5.69 Å². The highest BCUT2D eigenvalue weighted by Crippen LogP contribution is 2.31. The van der Waals surface area contributed by atoms with Crippen molar-refractivity contribution < 1.29 is 19.4 Å². The van der Waals surface area contributed by atoms with Crippen LogP contribution in [-0.2, 0) is 14.3 Å². The Morgan fingerprint density at radius 2 is 2.00 bits per heavy atom. The quantitative estimate of drug-likeness (QED) is 0.755. The number of carboxylic acid groups (broad SMARTS) is 1. The lowest BCUT2D eigenvalue weighted by Crippen LogP contribution is -2.59. The van der Waals surface area contributed by atoms with Crippen molar-refractivity contribution in [1.29, 1.82) is 0 Å². The van der Waals surface area contributed by atoms with Gasteiger partial charge < -0.3 is 14.7 Å². The number of pyridine rings is 1. The van der Waals surface area contributed by atoms with E-state index in [1.165, 1.54) is 4.90 Å². The number of nitrogens with zero attached hydrogens (tertiary/aromatic N) is 2. The molecule has 0 radical (unpaired) electrons. The second kappa shape index (κ2) is 4.14. The van der Waals surface area contributed by atoms with E-state index >= 15 is 0 Å². The minimum atomic E-state index is -1.43. The molecule has 1 fully saturated rings. The molecule has 6 nitrogen and oxygen atoms in total. The van der Waals surface area contributed by atoms with Gasteiger partial charge in [-0.3, -0.25) is 14.6 Å². The van der Waals surface area contributed by atoms with Gasteiger partial charge >= 0.3 is 5.97 Å². The molecule has 17 heavy (non-hydrogen) atoms. The summed E-state index contributed by atoms with van der Waals surface area (Å²) in [7, 11) is 1.54. The Morgan fingerprint density at radius 1 is 1.41 bits per heavy atom. The van der Waals surface area contributed by atoms with Crippen LogP contribution in [0.15, 0.2) is 24.5 Å². The third kappa shape index (κ3) is 1.76. The zero-order chi connectivity index (χ0) is 12.5. The molecule has 0 aliphatic carbocycles. The van der Waals surface area contributed by atoms with Crippen LogP contribution in [0.1, 0.15) is 0 Å². The largest absolute Gasteiger partial charge is 0.480 e. The lowest BCUT2D eigenvalue weighted by atomic mass is 9.84. The number of carboxylic acids is 1. The van der Waals surface area contributed by atoms with Gasteiger partial charge in [0, 0.05) is 25.1 Å². The molecule has 0 aromatic carbocycles. The van der Waals surface area contributed by atoms with Gasteiger partial charge in [0.25, 0.3) is 0 Å². The lowest BCUT2D eigenvalue weighted by Gasteiger charge is -2.38. The van der Waals surface area contributed by atoms with Crippen LogP contribution < -0.4 is 4.90 Å². The number of aliphatic carboxylic acids is 1. The van der Waals surface area contributed by atoms with Crippen LogP contribution in [0.5, 0.6) is 0 Å². The summed E-state index contributed by atoms with van der Waals surface area (Å²) in [5.74, 6) is -1.61. The molecule has 1 aromatic rings. The predicted molar refractivity (Wildman–Crippen MR) is 58.5 cm³/mol. The Balaban J connectivity index is 2.23. The first-order valence-electron chi connectivity index (χ1n) is 5.07. The Kier molecular flexibility index (Phi) is 2.81. The number of anilines is 1. The van der Waals surface area contributed by atoms with Gasteiger partial charge in [0.2, 0.25) is 5.91 Å². The topological polar surface area (TPSA) is 79.7 Å². The van der Waals surface area contributed by atoms with Gasteiger partial charge in [-0.1, -0.05) is 0 Å². The zero-order valence-electron chi connectivity index (χ0n) is 9.29. The van der Waals surface area contributed by atoms with Crippen molar-refractivity contribution in [2.75, 3.05) is 25.2 Å². The number of hydrogen-bond acceptors (Lipinski definition) is 4. The number of ether oxygens (including phenoxy) is 1. The Hall–Kier alpha value is -1.95. The first kappa shape index (κ1) is 11.5. The van der Waals surface area contributed by atoms with E-state index in [1.807, 2.05) is 0 Å². The number of rotatable bonds is 3. The third-order valence-corrected chi connectivity index (χ3v) is 2.87. The average Bonchev–Trinajstić information content (AvgIpc) is 2.27. The lowest BCUT2D eigenvalue weighted by molar-refractivity contribution is -0.183. The smallest absolute Gasteiger partial charge is 0.324 e. The fourth-order valence-corrected chi connectivity index (χ4v) is 1.65. The van der Waals surface area contributed by atoms with Crippen LogP contribution in [0.2, 0.25) is 0 Å². The maximum absolute atomic E-state index is 12.1. The van der Waals surface area contributed by atoms with Crippen LogP contribution in [0.4, 0.5) is 5.69 Å². The molecule has 1 amide bonds. The van der Waals surface area contributed by atoms with Crippen LogP contribution in [-0.4, -0.2) is 42.2 Å². The highest BCUT2D eigenvalue weighted by molar-refractivity contribution is 6.10. The Morgan fingerprint density at radius 3 is 2.41 bits per heavy atom. The van der Waals surface area contributed by atoms with Crippen LogP contribution in [0.25, 0.3) is 0 Å². The van der Waals surface area contributed by atoms with E-state index < -0.39 is 17.3 Å². The molecular formula is C11H12N2O4. The second-order valence-corrected chi connectivity index (χ2v) is 3.95. The first-order valence-corrected chi connectivity index (χ1v) is 5.07. The Labute approximate surface area is 97.8 Å². The molecule has 6 heteroatoms.